The third-order valence-electron chi connectivity index (χ3n) is 1.72. The van der Waals surface area contributed by atoms with Crippen LogP contribution in [0.5, 0.6) is 0 Å². The van der Waals surface area contributed by atoms with Crippen LogP contribution in [0.3, 0.4) is 0 Å². The molecule has 0 bridgehead atoms. The fraction of sp³-hybridized carbons (Fsp3) is 0.769. The van der Waals surface area contributed by atoms with Crippen LogP contribution in [-0.4, -0.2) is 24.4 Å². The average molecular weight is 215 g/mol. The van der Waals surface area contributed by atoms with E-state index in [1.54, 1.807) is 4.90 Å². The first-order valence-corrected chi connectivity index (χ1v) is 6.01. The molecule has 0 radical (unpaired) electrons. The van der Waals surface area contributed by atoms with Gasteiger partial charge < -0.3 is 4.90 Å². The molecular formula is C13H29NO. The van der Waals surface area contributed by atoms with E-state index >= 15 is 0 Å². The Labute approximate surface area is 96.4 Å². The Balaban J connectivity index is -0.000000318. The second kappa shape index (κ2) is 15.7. The molecule has 0 heterocycles. The summed E-state index contributed by atoms with van der Waals surface area (Å²) in [6.45, 7) is 14.6. The van der Waals surface area contributed by atoms with Gasteiger partial charge in [0.25, 0.3) is 0 Å². The highest BCUT2D eigenvalue weighted by Gasteiger charge is 2.11. The summed E-state index contributed by atoms with van der Waals surface area (Å²) >= 11 is 0. The summed E-state index contributed by atoms with van der Waals surface area (Å²) in [5, 5.41) is 0. The fourth-order valence-corrected chi connectivity index (χ4v) is 0.874. The number of rotatable bonds is 3. The Kier molecular flexibility index (Phi) is 20.6. The minimum atomic E-state index is 0.0185. The van der Waals surface area contributed by atoms with Crippen LogP contribution in [0.4, 0.5) is 0 Å². The molecule has 0 saturated heterocycles. The van der Waals surface area contributed by atoms with E-state index in [2.05, 4.69) is 0 Å². The first-order chi connectivity index (χ1) is 7.13. The number of nitrogens with zero attached hydrogens (tertiary/aromatic N) is 1. The molecule has 2 heteroatoms. The van der Waals surface area contributed by atoms with Crippen LogP contribution in [0.25, 0.3) is 0 Å². The lowest BCUT2D eigenvalue weighted by molar-refractivity contribution is -0.131. The van der Waals surface area contributed by atoms with Gasteiger partial charge in [0, 0.05) is 13.6 Å². The van der Waals surface area contributed by atoms with Gasteiger partial charge >= 0.3 is 0 Å². The maximum absolute atomic E-state index is 11.3. The van der Waals surface area contributed by atoms with Crippen LogP contribution >= 0.6 is 0 Å². The van der Waals surface area contributed by atoms with E-state index in [-0.39, 0.29) is 11.8 Å². The molecule has 0 spiro atoms. The van der Waals surface area contributed by atoms with Crippen molar-refractivity contribution in [2.75, 3.05) is 13.6 Å². The number of carbonyl (C=O) groups excluding carboxylic acids is 1. The summed E-state index contributed by atoms with van der Waals surface area (Å²) in [6.07, 6.45) is 3.82. The summed E-state index contributed by atoms with van der Waals surface area (Å²) < 4.78 is 0. The first-order valence-electron chi connectivity index (χ1n) is 6.01. The van der Waals surface area contributed by atoms with E-state index in [0.717, 1.165) is 6.54 Å². The van der Waals surface area contributed by atoms with Gasteiger partial charge in [0.2, 0.25) is 5.91 Å². The van der Waals surface area contributed by atoms with Gasteiger partial charge in [-0.05, 0) is 13.8 Å². The molecule has 0 aromatic carbocycles. The van der Waals surface area contributed by atoms with E-state index in [4.69, 9.17) is 0 Å². The van der Waals surface area contributed by atoms with Gasteiger partial charge in [-0.25, -0.2) is 0 Å². The first kappa shape index (κ1) is 19.7. The van der Waals surface area contributed by atoms with Crippen LogP contribution in [0.2, 0.25) is 0 Å². The summed E-state index contributed by atoms with van der Waals surface area (Å²) in [7, 11) is 1.82. The van der Waals surface area contributed by atoms with Gasteiger partial charge in [-0.15, -0.1) is 0 Å². The molecule has 0 N–H and O–H groups in total. The minimum Gasteiger partial charge on any atom is -0.346 e. The topological polar surface area (TPSA) is 20.3 Å². The third kappa shape index (κ3) is 11.1. The number of amides is 1. The molecule has 0 aliphatic heterocycles. The maximum atomic E-state index is 11.3. The molecule has 92 valence electrons. The second-order valence-electron chi connectivity index (χ2n) is 2.67. The van der Waals surface area contributed by atoms with Crippen LogP contribution < -0.4 is 0 Å². The van der Waals surface area contributed by atoms with Gasteiger partial charge in [-0.2, -0.15) is 0 Å². The quantitative estimate of drug-likeness (QED) is 0.657. The zero-order valence-electron chi connectivity index (χ0n) is 11.8. The van der Waals surface area contributed by atoms with Gasteiger partial charge in [0.15, 0.2) is 0 Å². The molecule has 1 amide bonds. The normalized spacial score (nSPS) is 10.7. The highest BCUT2D eigenvalue weighted by molar-refractivity contribution is 5.79. The van der Waals surface area contributed by atoms with Crippen molar-refractivity contribution in [3.8, 4) is 0 Å². The molecule has 0 aromatic heterocycles. The molecular weight excluding hydrogens is 186 g/mol. The molecule has 1 atom stereocenters. The van der Waals surface area contributed by atoms with E-state index < -0.39 is 0 Å². The lowest BCUT2D eigenvalue weighted by Gasteiger charge is -2.17. The van der Waals surface area contributed by atoms with E-state index in [0.29, 0.717) is 0 Å². The zero-order chi connectivity index (χ0) is 12.9. The molecule has 0 fully saturated rings. The van der Waals surface area contributed by atoms with Crippen molar-refractivity contribution in [1.82, 2.24) is 4.90 Å². The van der Waals surface area contributed by atoms with Gasteiger partial charge in [-0.1, -0.05) is 46.8 Å². The Morgan fingerprint density at radius 3 is 1.93 bits per heavy atom. The van der Waals surface area contributed by atoms with Gasteiger partial charge in [0.1, 0.15) is 0 Å². The highest BCUT2D eigenvalue weighted by Crippen LogP contribution is 2.01. The van der Waals surface area contributed by atoms with Gasteiger partial charge in [-0.3, -0.25) is 4.79 Å². The predicted molar refractivity (Wildman–Crippen MR) is 70.0 cm³/mol. The Hall–Kier alpha value is -0.790. The van der Waals surface area contributed by atoms with E-state index in [9.17, 15) is 4.79 Å². The molecule has 2 nitrogen and oxygen atoms in total. The van der Waals surface area contributed by atoms with Crippen molar-refractivity contribution in [3.63, 3.8) is 0 Å². The Morgan fingerprint density at radius 1 is 1.27 bits per heavy atom. The lowest BCUT2D eigenvalue weighted by Crippen LogP contribution is -2.30. The molecule has 0 aromatic rings. The van der Waals surface area contributed by atoms with E-state index in [1.807, 2.05) is 67.7 Å². The SMILES string of the molecule is C/C=C\C(C)C(=O)N(C)CC.CC.CC. The molecule has 15 heavy (non-hydrogen) atoms. The van der Waals surface area contributed by atoms with Crippen molar-refractivity contribution in [2.45, 2.75) is 48.5 Å². The standard InChI is InChI=1S/C9H17NO.2C2H6/c1-5-7-8(3)9(11)10(4)6-2;2*1-2/h5,7-8H,6H2,1-4H3;2*1-2H3/b7-5-;;. The number of carbonyl (C=O) groups is 1. The average Bonchev–Trinajstić information content (AvgIpc) is 2.32. The summed E-state index contributed by atoms with van der Waals surface area (Å²) in [5.74, 6) is 0.204. The van der Waals surface area contributed by atoms with Crippen molar-refractivity contribution >= 4 is 5.91 Å². The molecule has 0 aliphatic carbocycles. The third-order valence-corrected chi connectivity index (χ3v) is 1.72. The monoisotopic (exact) mass is 215 g/mol. The van der Waals surface area contributed by atoms with Crippen molar-refractivity contribution < 1.29 is 4.79 Å². The number of hydrogen-bond donors (Lipinski definition) is 0. The fourth-order valence-electron chi connectivity index (χ4n) is 0.874. The smallest absolute Gasteiger partial charge is 0.228 e. The van der Waals surface area contributed by atoms with Crippen molar-refractivity contribution in [1.29, 1.82) is 0 Å². The van der Waals surface area contributed by atoms with Crippen molar-refractivity contribution in [3.05, 3.63) is 12.2 Å². The molecule has 0 rings (SSSR count). The maximum Gasteiger partial charge on any atom is 0.228 e. The van der Waals surface area contributed by atoms with E-state index in [1.165, 1.54) is 0 Å². The second-order valence-corrected chi connectivity index (χ2v) is 2.67. The largest absolute Gasteiger partial charge is 0.346 e. The number of allylic oxidation sites excluding steroid dienone is 1. The summed E-state index contributed by atoms with van der Waals surface area (Å²) in [4.78, 5) is 13.1. The molecule has 0 saturated carbocycles. The van der Waals surface area contributed by atoms with Crippen molar-refractivity contribution in [2.24, 2.45) is 5.92 Å². The molecule has 1 unspecified atom stereocenters. The number of hydrogen-bond acceptors (Lipinski definition) is 1. The zero-order valence-corrected chi connectivity index (χ0v) is 11.8. The Bertz CT molecular complexity index is 153. The summed E-state index contributed by atoms with van der Waals surface area (Å²) in [5.41, 5.74) is 0. The van der Waals surface area contributed by atoms with Crippen LogP contribution in [0.15, 0.2) is 12.2 Å². The van der Waals surface area contributed by atoms with Crippen LogP contribution in [0, 0.1) is 5.92 Å². The Morgan fingerprint density at radius 2 is 1.67 bits per heavy atom. The minimum absolute atomic E-state index is 0.0185. The highest BCUT2D eigenvalue weighted by atomic mass is 16.2. The van der Waals surface area contributed by atoms with Gasteiger partial charge in [0.05, 0.1) is 5.92 Å². The predicted octanol–water partition coefficient (Wildman–Crippen LogP) is 3.73. The van der Waals surface area contributed by atoms with Crippen LogP contribution in [0.1, 0.15) is 48.5 Å². The molecule has 0 aliphatic rings. The van der Waals surface area contributed by atoms with Crippen LogP contribution in [-0.2, 0) is 4.79 Å². The summed E-state index contributed by atoms with van der Waals surface area (Å²) in [6, 6.07) is 0. The lowest BCUT2D eigenvalue weighted by atomic mass is 10.1.